The van der Waals surface area contributed by atoms with Crippen molar-refractivity contribution in [2.24, 2.45) is 0 Å². The van der Waals surface area contributed by atoms with Crippen LogP contribution in [-0.4, -0.2) is 31.7 Å². The molecular weight excluding hydrogens is 448 g/mol. The number of nitrogens with one attached hydrogen (secondary N) is 1. The summed E-state index contributed by atoms with van der Waals surface area (Å²) in [4.78, 5) is 24.9. The molecule has 1 atom stereocenters. The average Bonchev–Trinajstić information content (AvgIpc) is 3.45. The maximum atomic E-state index is 13.1. The molecule has 2 aromatic heterocycles. The minimum Gasteiger partial charge on any atom is -0.469 e. The van der Waals surface area contributed by atoms with Crippen LogP contribution >= 0.6 is 11.8 Å². The van der Waals surface area contributed by atoms with Crippen LogP contribution in [0.1, 0.15) is 42.8 Å². The Morgan fingerprint density at radius 2 is 1.79 bits per heavy atom. The zero-order chi connectivity index (χ0) is 24.1. The van der Waals surface area contributed by atoms with Gasteiger partial charge >= 0.3 is 0 Å². The van der Waals surface area contributed by atoms with E-state index in [9.17, 15) is 9.59 Å². The molecule has 0 radical (unpaired) electrons. The predicted octanol–water partition coefficient (Wildman–Crippen LogP) is 5.94. The molecule has 8 heteroatoms. The van der Waals surface area contributed by atoms with E-state index < -0.39 is 5.25 Å². The number of hydrogen-bond donors (Lipinski definition) is 1. The fourth-order valence-corrected chi connectivity index (χ4v) is 4.51. The number of aromatic nitrogens is 3. The Kier molecular flexibility index (Phi) is 7.27. The fourth-order valence-electron chi connectivity index (χ4n) is 3.56. The van der Waals surface area contributed by atoms with Crippen LogP contribution in [0.15, 0.2) is 76.5 Å². The van der Waals surface area contributed by atoms with Crippen LogP contribution in [0.5, 0.6) is 0 Å². The largest absolute Gasteiger partial charge is 0.469 e. The summed E-state index contributed by atoms with van der Waals surface area (Å²) in [5.74, 6) is 1.35. The highest BCUT2D eigenvalue weighted by Gasteiger charge is 2.24. The van der Waals surface area contributed by atoms with Crippen molar-refractivity contribution in [1.82, 2.24) is 14.8 Å². The van der Waals surface area contributed by atoms with Crippen LogP contribution in [0.2, 0.25) is 0 Å². The molecule has 0 aliphatic rings. The van der Waals surface area contributed by atoms with E-state index in [2.05, 4.69) is 15.5 Å². The van der Waals surface area contributed by atoms with Crippen molar-refractivity contribution in [2.75, 3.05) is 5.32 Å². The Morgan fingerprint density at radius 1 is 1.06 bits per heavy atom. The number of nitrogens with zero attached hydrogens (tertiary/aromatic N) is 3. The summed E-state index contributed by atoms with van der Waals surface area (Å²) < 4.78 is 7.42. The number of thioether (sulfide) groups is 1. The smallest absolute Gasteiger partial charge is 0.224 e. The Balaban J connectivity index is 1.57. The number of carbonyl (C=O) groups is 2. The number of amides is 1. The third-order valence-corrected chi connectivity index (χ3v) is 6.37. The van der Waals surface area contributed by atoms with Gasteiger partial charge in [-0.3, -0.25) is 14.2 Å². The molecule has 4 rings (SSSR count). The van der Waals surface area contributed by atoms with E-state index in [0.717, 1.165) is 23.4 Å². The molecule has 174 valence electrons. The lowest BCUT2D eigenvalue weighted by molar-refractivity contribution is -0.116. The third-order valence-electron chi connectivity index (χ3n) is 5.33. The number of anilines is 1. The van der Waals surface area contributed by atoms with Crippen LogP contribution in [-0.2, 0) is 4.79 Å². The maximum absolute atomic E-state index is 13.1. The number of para-hydroxylation sites is 1. The first-order valence-corrected chi connectivity index (χ1v) is 12.0. The summed E-state index contributed by atoms with van der Waals surface area (Å²) in [7, 11) is 0. The lowest BCUT2D eigenvalue weighted by Gasteiger charge is -2.13. The number of furan rings is 1. The molecule has 0 saturated carbocycles. The molecule has 4 aromatic rings. The number of ketones is 1. The van der Waals surface area contributed by atoms with Gasteiger partial charge in [0.25, 0.3) is 0 Å². The van der Waals surface area contributed by atoms with E-state index in [0.29, 0.717) is 28.7 Å². The number of carbonyl (C=O) groups excluding carboxylic acids is 2. The van der Waals surface area contributed by atoms with Gasteiger partial charge in [-0.15, -0.1) is 10.2 Å². The van der Waals surface area contributed by atoms with Gasteiger partial charge in [0.2, 0.25) is 5.91 Å². The molecule has 0 aliphatic heterocycles. The van der Waals surface area contributed by atoms with Gasteiger partial charge in [-0.1, -0.05) is 36.9 Å². The van der Waals surface area contributed by atoms with Crippen LogP contribution < -0.4 is 5.32 Å². The number of benzene rings is 2. The fraction of sp³-hybridized carbons (Fsp3) is 0.231. The van der Waals surface area contributed by atoms with Crippen LogP contribution in [0.25, 0.3) is 17.1 Å². The van der Waals surface area contributed by atoms with E-state index in [1.807, 2.05) is 61.7 Å². The molecule has 1 amide bonds. The SMILES string of the molecule is CCCC(=O)Nc1ccc(C(=O)[C@H](C)Sc2nnc(-c3ccoc3C)n2-c2ccccc2)cc1. The van der Waals surface area contributed by atoms with Crippen molar-refractivity contribution in [1.29, 1.82) is 0 Å². The molecule has 0 spiro atoms. The molecule has 34 heavy (non-hydrogen) atoms. The van der Waals surface area contributed by atoms with Crippen molar-refractivity contribution in [3.8, 4) is 17.1 Å². The van der Waals surface area contributed by atoms with Gasteiger partial charge in [0, 0.05) is 23.4 Å². The number of rotatable bonds is 9. The van der Waals surface area contributed by atoms with Crippen LogP contribution in [0.3, 0.4) is 0 Å². The maximum Gasteiger partial charge on any atom is 0.224 e. The van der Waals surface area contributed by atoms with Gasteiger partial charge in [0.15, 0.2) is 16.8 Å². The Hall–Kier alpha value is -3.65. The zero-order valence-electron chi connectivity index (χ0n) is 19.3. The van der Waals surface area contributed by atoms with Gasteiger partial charge in [0.05, 0.1) is 17.1 Å². The van der Waals surface area contributed by atoms with E-state index in [-0.39, 0.29) is 11.7 Å². The van der Waals surface area contributed by atoms with Gasteiger partial charge in [-0.05, 0) is 62.7 Å². The van der Waals surface area contributed by atoms with E-state index in [1.165, 1.54) is 11.8 Å². The average molecular weight is 475 g/mol. The summed E-state index contributed by atoms with van der Waals surface area (Å²) in [6, 6.07) is 18.7. The number of aryl methyl sites for hydroxylation is 1. The normalized spacial score (nSPS) is 11.9. The van der Waals surface area contributed by atoms with Crippen LogP contribution in [0.4, 0.5) is 5.69 Å². The first kappa shape index (κ1) is 23.5. The van der Waals surface area contributed by atoms with E-state index in [1.54, 1.807) is 30.5 Å². The highest BCUT2D eigenvalue weighted by molar-refractivity contribution is 8.00. The lowest BCUT2D eigenvalue weighted by atomic mass is 10.1. The van der Waals surface area contributed by atoms with Gasteiger partial charge < -0.3 is 9.73 Å². The molecule has 2 aromatic carbocycles. The standard InChI is InChI=1S/C26H26N4O3S/c1-4-8-23(31)27-20-13-11-19(12-14-20)24(32)18(3)34-26-29-28-25(22-15-16-33-17(22)2)30(26)21-9-6-5-7-10-21/h5-7,9-16,18H,4,8H2,1-3H3,(H,27,31)/t18-/m0/s1. The summed E-state index contributed by atoms with van der Waals surface area (Å²) in [5.41, 5.74) is 3.00. The minimum absolute atomic E-state index is 0.0277. The summed E-state index contributed by atoms with van der Waals surface area (Å²) in [5, 5.41) is 11.9. The molecule has 7 nitrogen and oxygen atoms in total. The second-order valence-corrected chi connectivity index (χ2v) is 9.18. The number of Topliss-reactive ketones (excluding diaryl/α,β-unsaturated/α-hetero) is 1. The lowest BCUT2D eigenvalue weighted by Crippen LogP contribution is -2.15. The second kappa shape index (κ2) is 10.5. The zero-order valence-corrected chi connectivity index (χ0v) is 20.1. The monoisotopic (exact) mass is 474 g/mol. The van der Waals surface area contributed by atoms with Crippen molar-refractivity contribution in [2.45, 2.75) is 44.0 Å². The van der Waals surface area contributed by atoms with E-state index >= 15 is 0 Å². The molecule has 0 fully saturated rings. The first-order valence-electron chi connectivity index (χ1n) is 11.1. The Labute approximate surface area is 202 Å². The van der Waals surface area contributed by atoms with Gasteiger partial charge in [0.1, 0.15) is 5.76 Å². The second-order valence-electron chi connectivity index (χ2n) is 7.87. The number of hydrogen-bond acceptors (Lipinski definition) is 6. The molecule has 0 unspecified atom stereocenters. The highest BCUT2D eigenvalue weighted by atomic mass is 32.2. The molecule has 1 N–H and O–H groups in total. The third kappa shape index (κ3) is 5.12. The summed E-state index contributed by atoms with van der Waals surface area (Å²) in [6.07, 6.45) is 2.88. The topological polar surface area (TPSA) is 90.0 Å². The molecular formula is C26H26N4O3S. The summed E-state index contributed by atoms with van der Waals surface area (Å²) in [6.45, 7) is 5.70. The van der Waals surface area contributed by atoms with Gasteiger partial charge in [-0.25, -0.2) is 0 Å². The Morgan fingerprint density at radius 3 is 2.44 bits per heavy atom. The van der Waals surface area contributed by atoms with Crippen molar-refractivity contribution in [3.63, 3.8) is 0 Å². The summed E-state index contributed by atoms with van der Waals surface area (Å²) >= 11 is 1.35. The molecule has 0 saturated heterocycles. The van der Waals surface area contributed by atoms with Crippen molar-refractivity contribution in [3.05, 3.63) is 78.3 Å². The quantitative estimate of drug-likeness (QED) is 0.239. The highest BCUT2D eigenvalue weighted by Crippen LogP contribution is 2.32. The minimum atomic E-state index is -0.398. The van der Waals surface area contributed by atoms with Crippen molar-refractivity contribution < 1.29 is 14.0 Å². The molecule has 0 bridgehead atoms. The molecule has 2 heterocycles. The predicted molar refractivity (Wildman–Crippen MR) is 133 cm³/mol. The van der Waals surface area contributed by atoms with E-state index in [4.69, 9.17) is 4.42 Å². The van der Waals surface area contributed by atoms with Crippen molar-refractivity contribution >= 4 is 29.1 Å². The first-order chi connectivity index (χ1) is 16.5. The van der Waals surface area contributed by atoms with Gasteiger partial charge in [-0.2, -0.15) is 0 Å². The van der Waals surface area contributed by atoms with Crippen LogP contribution in [0, 0.1) is 6.92 Å². The molecule has 0 aliphatic carbocycles. The Bertz CT molecular complexity index is 1280.